The van der Waals surface area contributed by atoms with Gasteiger partial charge in [-0.2, -0.15) is 0 Å². The van der Waals surface area contributed by atoms with Crippen LogP contribution in [0.4, 0.5) is 0 Å². The number of thioether (sulfide) groups is 1. The minimum absolute atomic E-state index is 0.137. The van der Waals surface area contributed by atoms with Crippen molar-refractivity contribution in [3.63, 3.8) is 0 Å². The standard InChI is InChI=1S/C10H10NO3S/c1-8(12)15-10(7-11(13)14)9-5-3-2-4-6-9/h2-7,10H,1H3/q-1. The Morgan fingerprint density at radius 3 is 2.53 bits per heavy atom. The van der Waals surface area contributed by atoms with Gasteiger partial charge in [0.15, 0.2) is 5.12 Å². The highest BCUT2D eigenvalue weighted by Gasteiger charge is 2.10. The molecule has 1 rings (SSSR count). The van der Waals surface area contributed by atoms with Crippen molar-refractivity contribution in [1.29, 1.82) is 0 Å². The summed E-state index contributed by atoms with van der Waals surface area (Å²) < 4.78 is 0. The average Bonchev–Trinajstić information content (AvgIpc) is 2.17. The van der Waals surface area contributed by atoms with Gasteiger partial charge in [-0.1, -0.05) is 35.9 Å². The number of benzene rings is 1. The lowest BCUT2D eigenvalue weighted by Crippen LogP contribution is -2.05. The maximum atomic E-state index is 10.9. The van der Waals surface area contributed by atoms with Gasteiger partial charge in [0.05, 0.1) is 0 Å². The number of carbonyl (C=O) groups is 1. The highest BCUT2D eigenvalue weighted by Crippen LogP contribution is 2.31. The van der Waals surface area contributed by atoms with Gasteiger partial charge in [-0.15, -0.1) is 16.7 Å². The molecule has 0 bridgehead atoms. The van der Waals surface area contributed by atoms with Crippen LogP contribution < -0.4 is 0 Å². The van der Waals surface area contributed by atoms with E-state index in [1.165, 1.54) is 6.92 Å². The molecule has 1 atom stereocenters. The predicted octanol–water partition coefficient (Wildman–Crippen LogP) is 2.45. The fourth-order valence-electron chi connectivity index (χ4n) is 1.12. The van der Waals surface area contributed by atoms with Gasteiger partial charge in [0, 0.05) is 6.92 Å². The Morgan fingerprint density at radius 2 is 2.07 bits per heavy atom. The molecule has 0 amide bonds. The topological polar surface area (TPSA) is 60.2 Å². The summed E-state index contributed by atoms with van der Waals surface area (Å²) in [6.07, 6.45) is 0. The number of nitrogens with zero attached hydrogens (tertiary/aromatic N) is 1. The highest BCUT2D eigenvalue weighted by molar-refractivity contribution is 8.13. The molecule has 0 N–H and O–H groups in total. The van der Waals surface area contributed by atoms with Gasteiger partial charge in [0.25, 0.3) is 0 Å². The Bertz CT molecular complexity index is 337. The van der Waals surface area contributed by atoms with E-state index in [2.05, 4.69) is 0 Å². The second-order valence-corrected chi connectivity index (χ2v) is 4.19. The molecule has 0 spiro atoms. The summed E-state index contributed by atoms with van der Waals surface area (Å²) in [5, 5.41) is 9.74. The molecule has 15 heavy (non-hydrogen) atoms. The lowest BCUT2D eigenvalue weighted by Gasteiger charge is -2.18. The zero-order chi connectivity index (χ0) is 11.3. The van der Waals surface area contributed by atoms with Gasteiger partial charge in [-0.25, -0.2) is 0 Å². The molecule has 0 heterocycles. The van der Waals surface area contributed by atoms with E-state index in [1.807, 2.05) is 6.07 Å². The van der Waals surface area contributed by atoms with E-state index in [9.17, 15) is 14.9 Å². The molecule has 0 aliphatic rings. The van der Waals surface area contributed by atoms with Crippen LogP contribution in [0.15, 0.2) is 30.3 Å². The van der Waals surface area contributed by atoms with E-state index in [-0.39, 0.29) is 5.12 Å². The minimum atomic E-state index is -0.520. The third-order valence-electron chi connectivity index (χ3n) is 1.68. The van der Waals surface area contributed by atoms with Crippen molar-refractivity contribution in [3.8, 4) is 0 Å². The molecular weight excluding hydrogens is 214 g/mol. The molecular formula is C10H10NO3S-. The van der Waals surface area contributed by atoms with Gasteiger partial charge in [0.1, 0.15) is 0 Å². The quantitative estimate of drug-likeness (QED) is 0.447. The Hall–Kier alpha value is -1.49. The smallest absolute Gasteiger partial charge is 0.184 e. The normalized spacial score (nSPS) is 11.8. The molecule has 0 saturated heterocycles. The van der Waals surface area contributed by atoms with Crippen molar-refractivity contribution in [2.75, 3.05) is 0 Å². The van der Waals surface area contributed by atoms with Crippen LogP contribution in [0.25, 0.3) is 0 Å². The second-order valence-electron chi connectivity index (χ2n) is 2.88. The third-order valence-corrected chi connectivity index (χ3v) is 2.66. The minimum Gasteiger partial charge on any atom is -0.295 e. The average molecular weight is 224 g/mol. The first-order valence-corrected chi connectivity index (χ1v) is 5.18. The van der Waals surface area contributed by atoms with Gasteiger partial charge < -0.3 is 0 Å². The lowest BCUT2D eigenvalue weighted by atomic mass is 10.1. The molecule has 80 valence electrons. The van der Waals surface area contributed by atoms with E-state index in [1.54, 1.807) is 24.3 Å². The molecule has 4 nitrogen and oxygen atoms in total. The van der Waals surface area contributed by atoms with E-state index in [0.29, 0.717) is 0 Å². The van der Waals surface area contributed by atoms with Crippen LogP contribution >= 0.6 is 11.8 Å². The second kappa shape index (κ2) is 5.41. The van der Waals surface area contributed by atoms with Crippen LogP contribution in [0.3, 0.4) is 0 Å². The number of carbonyl (C=O) groups excluding carboxylic acids is 1. The van der Waals surface area contributed by atoms with E-state index < -0.39 is 10.2 Å². The first-order chi connectivity index (χ1) is 7.09. The summed E-state index contributed by atoms with van der Waals surface area (Å²) in [7, 11) is 0. The maximum Gasteiger partial charge on any atom is 0.184 e. The fourth-order valence-corrected chi connectivity index (χ4v) is 1.93. The van der Waals surface area contributed by atoms with Crippen LogP contribution in [0.5, 0.6) is 0 Å². The van der Waals surface area contributed by atoms with Crippen LogP contribution in [0.1, 0.15) is 17.7 Å². The van der Waals surface area contributed by atoms with Crippen molar-refractivity contribution < 1.29 is 9.72 Å². The molecule has 0 saturated carbocycles. The first kappa shape index (κ1) is 11.6. The zero-order valence-electron chi connectivity index (χ0n) is 8.12. The zero-order valence-corrected chi connectivity index (χ0v) is 8.94. The maximum absolute atomic E-state index is 10.9. The molecule has 0 aromatic heterocycles. The summed E-state index contributed by atoms with van der Waals surface area (Å²) in [6.45, 7) is 2.33. The summed E-state index contributed by atoms with van der Waals surface area (Å²) in [5.74, 6) is 0. The largest absolute Gasteiger partial charge is 0.295 e. The summed E-state index contributed by atoms with van der Waals surface area (Å²) in [4.78, 5) is 20.8. The summed E-state index contributed by atoms with van der Waals surface area (Å²) >= 11 is 0.945. The van der Waals surface area contributed by atoms with Crippen LogP contribution in [0.2, 0.25) is 0 Å². The highest BCUT2D eigenvalue weighted by atomic mass is 32.2. The SMILES string of the molecule is CC(=O)SC([CH-][N+](=O)[O-])c1ccccc1. The van der Waals surface area contributed by atoms with Gasteiger partial charge in [0.2, 0.25) is 0 Å². The lowest BCUT2D eigenvalue weighted by molar-refractivity contribution is -0.437. The molecule has 0 aliphatic heterocycles. The summed E-state index contributed by atoms with van der Waals surface area (Å²) in [6, 6.07) is 8.93. The van der Waals surface area contributed by atoms with Crippen molar-refractivity contribution >= 4 is 16.9 Å². The van der Waals surface area contributed by atoms with E-state index in [0.717, 1.165) is 23.9 Å². The molecule has 0 radical (unpaired) electrons. The molecule has 0 fully saturated rings. The van der Waals surface area contributed by atoms with Crippen molar-refractivity contribution in [2.45, 2.75) is 12.2 Å². The molecule has 0 aliphatic carbocycles. The first-order valence-electron chi connectivity index (χ1n) is 4.30. The molecule has 1 unspecified atom stereocenters. The number of nitro groups is 1. The van der Waals surface area contributed by atoms with Crippen LogP contribution in [-0.2, 0) is 4.79 Å². The Balaban J connectivity index is 2.81. The third kappa shape index (κ3) is 4.03. The van der Waals surface area contributed by atoms with Crippen molar-refractivity contribution in [1.82, 2.24) is 0 Å². The number of rotatable bonds is 4. The number of hydrogen-bond acceptors (Lipinski definition) is 4. The van der Waals surface area contributed by atoms with E-state index >= 15 is 0 Å². The van der Waals surface area contributed by atoms with Crippen molar-refractivity contribution in [2.24, 2.45) is 0 Å². The monoisotopic (exact) mass is 224 g/mol. The van der Waals surface area contributed by atoms with Crippen LogP contribution in [-0.4, -0.2) is 10.0 Å². The molecule has 1 aromatic carbocycles. The van der Waals surface area contributed by atoms with Gasteiger partial charge in [-0.3, -0.25) is 14.9 Å². The van der Waals surface area contributed by atoms with Gasteiger partial charge in [-0.05, 0) is 11.8 Å². The summed E-state index contributed by atoms with van der Waals surface area (Å²) in [5.41, 5.74) is 0.759. The number of hydrogen-bond donors (Lipinski definition) is 0. The van der Waals surface area contributed by atoms with Gasteiger partial charge >= 0.3 is 0 Å². The van der Waals surface area contributed by atoms with Crippen LogP contribution in [0, 0.1) is 16.7 Å². The Kier molecular flexibility index (Phi) is 4.17. The molecule has 1 aromatic rings. The Labute approximate surface area is 91.8 Å². The fraction of sp³-hybridized carbons (Fsp3) is 0.200. The van der Waals surface area contributed by atoms with E-state index in [4.69, 9.17) is 0 Å². The predicted molar refractivity (Wildman–Crippen MR) is 58.7 cm³/mol. The van der Waals surface area contributed by atoms with Crippen molar-refractivity contribution in [3.05, 3.63) is 52.6 Å². The Morgan fingerprint density at radius 1 is 1.47 bits per heavy atom. The molecule has 5 heteroatoms.